The Morgan fingerprint density at radius 3 is 2.86 bits per heavy atom. The first-order chi connectivity index (χ1) is 10.2. The minimum absolute atomic E-state index is 0.237. The molecule has 0 unspecified atom stereocenters. The van der Waals surface area contributed by atoms with E-state index in [0.717, 1.165) is 22.6 Å². The number of rotatable bonds is 4. The van der Waals surface area contributed by atoms with Gasteiger partial charge in [0.25, 0.3) is 0 Å². The number of benzene rings is 1. The van der Waals surface area contributed by atoms with Crippen molar-refractivity contribution in [2.45, 2.75) is 19.9 Å². The summed E-state index contributed by atoms with van der Waals surface area (Å²) in [5.74, 6) is -0.237. The minimum Gasteiger partial charge on any atom is -0.396 e. The van der Waals surface area contributed by atoms with Crippen LogP contribution in [0.2, 0.25) is 0 Å². The lowest BCUT2D eigenvalue weighted by Crippen LogP contribution is -2.00. The molecule has 0 aliphatic rings. The number of hydrogen-bond donors (Lipinski definition) is 1. The topological polar surface area (TPSA) is 43.8 Å². The second-order valence-corrected chi connectivity index (χ2v) is 6.05. The number of anilines is 1. The molecule has 0 atom stereocenters. The molecule has 2 N–H and O–H groups in total. The fourth-order valence-corrected chi connectivity index (χ4v) is 3.18. The van der Waals surface area contributed by atoms with E-state index in [9.17, 15) is 4.39 Å². The van der Waals surface area contributed by atoms with Crippen LogP contribution in [0.1, 0.15) is 17.4 Å². The van der Waals surface area contributed by atoms with E-state index >= 15 is 0 Å². The van der Waals surface area contributed by atoms with Crippen LogP contribution in [0.3, 0.4) is 0 Å². The van der Waals surface area contributed by atoms with Gasteiger partial charge in [-0.2, -0.15) is 5.10 Å². The van der Waals surface area contributed by atoms with Crippen LogP contribution in [0, 0.1) is 5.82 Å². The van der Waals surface area contributed by atoms with Crippen LogP contribution in [-0.4, -0.2) is 9.78 Å². The Labute approximate surface area is 126 Å². The van der Waals surface area contributed by atoms with Gasteiger partial charge >= 0.3 is 0 Å². The molecule has 3 aromatic rings. The Hall–Kier alpha value is -2.14. The van der Waals surface area contributed by atoms with E-state index in [0.29, 0.717) is 12.2 Å². The Kier molecular flexibility index (Phi) is 3.75. The maximum absolute atomic E-state index is 13.2. The highest BCUT2D eigenvalue weighted by Gasteiger charge is 2.11. The first-order valence-electron chi connectivity index (χ1n) is 6.82. The maximum atomic E-state index is 13.2. The molecule has 3 rings (SSSR count). The van der Waals surface area contributed by atoms with Crippen molar-refractivity contribution < 1.29 is 4.39 Å². The molecule has 0 bridgehead atoms. The molecule has 3 nitrogen and oxygen atoms in total. The van der Waals surface area contributed by atoms with Gasteiger partial charge in [0.2, 0.25) is 0 Å². The van der Waals surface area contributed by atoms with E-state index in [2.05, 4.69) is 24.2 Å². The number of aromatic nitrogens is 2. The van der Waals surface area contributed by atoms with Gasteiger partial charge in [-0.25, -0.2) is 4.39 Å². The van der Waals surface area contributed by atoms with Crippen molar-refractivity contribution in [3.8, 4) is 10.6 Å². The molecule has 0 saturated heterocycles. The predicted octanol–water partition coefficient (Wildman–Crippen LogP) is 3.94. The second-order valence-electron chi connectivity index (χ2n) is 4.88. The SMILES string of the molecule is CCc1ccc(-c2nn(Cc3cccc(F)c3)cc2N)s1. The van der Waals surface area contributed by atoms with E-state index in [1.807, 2.05) is 6.07 Å². The van der Waals surface area contributed by atoms with E-state index in [-0.39, 0.29) is 5.82 Å². The van der Waals surface area contributed by atoms with Gasteiger partial charge in [-0.1, -0.05) is 19.1 Å². The van der Waals surface area contributed by atoms with Crippen molar-refractivity contribution in [3.63, 3.8) is 0 Å². The summed E-state index contributed by atoms with van der Waals surface area (Å²) in [6, 6.07) is 10.7. The summed E-state index contributed by atoms with van der Waals surface area (Å²) < 4.78 is 15.0. The summed E-state index contributed by atoms with van der Waals surface area (Å²) in [7, 11) is 0. The van der Waals surface area contributed by atoms with Gasteiger partial charge < -0.3 is 5.73 Å². The lowest BCUT2D eigenvalue weighted by atomic mass is 10.2. The largest absolute Gasteiger partial charge is 0.396 e. The molecular weight excluding hydrogens is 285 g/mol. The van der Waals surface area contributed by atoms with Crippen LogP contribution in [0.5, 0.6) is 0 Å². The van der Waals surface area contributed by atoms with Crippen LogP contribution >= 0.6 is 11.3 Å². The zero-order valence-corrected chi connectivity index (χ0v) is 12.5. The molecule has 108 valence electrons. The second kappa shape index (κ2) is 5.69. The van der Waals surface area contributed by atoms with Crippen molar-refractivity contribution in [1.82, 2.24) is 9.78 Å². The highest BCUT2D eigenvalue weighted by Crippen LogP contribution is 2.31. The fraction of sp³-hybridized carbons (Fsp3) is 0.188. The van der Waals surface area contributed by atoms with Gasteiger partial charge in [0.15, 0.2) is 0 Å². The average Bonchev–Trinajstić information content (AvgIpc) is 3.05. The molecule has 0 spiro atoms. The predicted molar refractivity (Wildman–Crippen MR) is 84.8 cm³/mol. The third kappa shape index (κ3) is 2.97. The number of thiophene rings is 1. The van der Waals surface area contributed by atoms with Gasteiger partial charge in [0, 0.05) is 11.1 Å². The number of hydrogen-bond acceptors (Lipinski definition) is 3. The molecular formula is C16H16FN3S. The van der Waals surface area contributed by atoms with E-state index in [4.69, 9.17) is 5.73 Å². The Balaban J connectivity index is 1.87. The monoisotopic (exact) mass is 301 g/mol. The first kappa shape index (κ1) is 13.8. The third-order valence-electron chi connectivity index (χ3n) is 3.27. The first-order valence-corrected chi connectivity index (χ1v) is 7.64. The van der Waals surface area contributed by atoms with Gasteiger partial charge in [-0.3, -0.25) is 4.68 Å². The lowest BCUT2D eigenvalue weighted by molar-refractivity contribution is 0.619. The van der Waals surface area contributed by atoms with Crippen LogP contribution in [0.4, 0.5) is 10.1 Å². The molecule has 0 aliphatic heterocycles. The number of halogens is 1. The molecule has 2 heterocycles. The highest BCUT2D eigenvalue weighted by molar-refractivity contribution is 7.15. The summed E-state index contributed by atoms with van der Waals surface area (Å²) in [6.07, 6.45) is 2.81. The standard InChI is InChI=1S/C16H16FN3S/c1-2-13-6-7-15(21-13)16-14(18)10-20(19-16)9-11-4-3-5-12(17)8-11/h3-8,10H,2,9,18H2,1H3. The normalized spacial score (nSPS) is 11.0. The zero-order valence-electron chi connectivity index (χ0n) is 11.7. The van der Waals surface area contributed by atoms with E-state index in [1.165, 1.54) is 17.0 Å². The number of nitrogens with zero attached hydrogens (tertiary/aromatic N) is 2. The number of nitrogens with two attached hydrogens (primary N) is 1. The quantitative estimate of drug-likeness (QED) is 0.793. The maximum Gasteiger partial charge on any atom is 0.125 e. The highest BCUT2D eigenvalue weighted by atomic mass is 32.1. The molecule has 21 heavy (non-hydrogen) atoms. The summed E-state index contributed by atoms with van der Waals surface area (Å²) in [5.41, 5.74) is 8.37. The minimum atomic E-state index is -0.237. The summed E-state index contributed by atoms with van der Waals surface area (Å²) in [5, 5.41) is 4.53. The Morgan fingerprint density at radius 2 is 2.14 bits per heavy atom. The molecule has 0 amide bonds. The summed E-state index contributed by atoms with van der Waals surface area (Å²) >= 11 is 1.71. The van der Waals surface area contributed by atoms with Crippen molar-refractivity contribution in [2.75, 3.05) is 5.73 Å². The molecule has 5 heteroatoms. The lowest BCUT2D eigenvalue weighted by Gasteiger charge is -2.01. The van der Waals surface area contributed by atoms with Crippen molar-refractivity contribution >= 4 is 17.0 Å². The van der Waals surface area contributed by atoms with Crippen LogP contribution in [0.15, 0.2) is 42.6 Å². The molecule has 2 aromatic heterocycles. The van der Waals surface area contributed by atoms with Crippen molar-refractivity contribution in [2.24, 2.45) is 0 Å². The van der Waals surface area contributed by atoms with Gasteiger partial charge in [-0.05, 0) is 36.2 Å². The van der Waals surface area contributed by atoms with Gasteiger partial charge in [-0.15, -0.1) is 11.3 Å². The third-order valence-corrected chi connectivity index (χ3v) is 4.50. The molecule has 0 fully saturated rings. The smallest absolute Gasteiger partial charge is 0.125 e. The van der Waals surface area contributed by atoms with Crippen LogP contribution in [0.25, 0.3) is 10.6 Å². The van der Waals surface area contributed by atoms with E-state index in [1.54, 1.807) is 28.3 Å². The van der Waals surface area contributed by atoms with Gasteiger partial charge in [0.1, 0.15) is 11.5 Å². The number of nitrogen functional groups attached to an aromatic ring is 1. The van der Waals surface area contributed by atoms with Crippen molar-refractivity contribution in [3.05, 3.63) is 58.9 Å². The number of aryl methyl sites for hydroxylation is 1. The van der Waals surface area contributed by atoms with Gasteiger partial charge in [0.05, 0.1) is 17.1 Å². The van der Waals surface area contributed by atoms with Crippen LogP contribution in [-0.2, 0) is 13.0 Å². The van der Waals surface area contributed by atoms with E-state index < -0.39 is 0 Å². The molecule has 0 radical (unpaired) electrons. The van der Waals surface area contributed by atoms with Crippen molar-refractivity contribution in [1.29, 1.82) is 0 Å². The molecule has 0 saturated carbocycles. The fourth-order valence-electron chi connectivity index (χ4n) is 2.23. The zero-order chi connectivity index (χ0) is 14.8. The molecule has 0 aliphatic carbocycles. The Morgan fingerprint density at radius 1 is 1.29 bits per heavy atom. The summed E-state index contributed by atoms with van der Waals surface area (Å²) in [4.78, 5) is 2.38. The average molecular weight is 301 g/mol. The van der Waals surface area contributed by atoms with Crippen LogP contribution < -0.4 is 5.73 Å². The summed E-state index contributed by atoms with van der Waals surface area (Å²) in [6.45, 7) is 2.63. The Bertz CT molecular complexity index is 760. The molecule has 1 aromatic carbocycles.